The fraction of sp³-hybridized carbons (Fsp3) is 0.294. The van der Waals surface area contributed by atoms with Crippen molar-refractivity contribution in [3.63, 3.8) is 0 Å². The van der Waals surface area contributed by atoms with E-state index in [4.69, 9.17) is 28.4 Å². The summed E-state index contributed by atoms with van der Waals surface area (Å²) in [5.74, 6) is 2.12. The highest BCUT2D eigenvalue weighted by Gasteiger charge is 2.33. The summed E-state index contributed by atoms with van der Waals surface area (Å²) in [6.45, 7) is 3.70. The predicted molar refractivity (Wildman–Crippen MR) is 253 cm³/mol. The van der Waals surface area contributed by atoms with Gasteiger partial charge in [0, 0.05) is 66.4 Å². The SMILES string of the molecule is CN(C(=O)c1cc(OCCCOCCCOCCCCOc2ccc(Oc3c(-c4ccc(Br)cc4)sc4cc(OCc5ccccc5)ccc34)cc2)ccc1C=O)C1CCC(=O)NC1=O. The van der Waals surface area contributed by atoms with Crippen molar-refractivity contribution in [2.75, 3.05) is 46.7 Å². The molecule has 6 aromatic rings. The van der Waals surface area contributed by atoms with Gasteiger partial charge in [-0.1, -0.05) is 58.4 Å². The molecular formula is C51H51BrN2O10S. The van der Waals surface area contributed by atoms with Crippen molar-refractivity contribution in [1.82, 2.24) is 10.2 Å². The first-order valence-electron chi connectivity index (χ1n) is 21.6. The number of nitrogens with one attached hydrogen (secondary N) is 1. The Bertz CT molecular complexity index is 2530. The van der Waals surface area contributed by atoms with Gasteiger partial charge in [-0.05, 0) is 110 Å². The van der Waals surface area contributed by atoms with Crippen LogP contribution in [0, 0.1) is 0 Å². The number of hydrogen-bond donors (Lipinski definition) is 1. The largest absolute Gasteiger partial charge is 0.494 e. The molecule has 0 bridgehead atoms. The summed E-state index contributed by atoms with van der Waals surface area (Å²) in [6.07, 6.45) is 4.06. The third kappa shape index (κ3) is 13.3. The van der Waals surface area contributed by atoms with Crippen LogP contribution in [0.3, 0.4) is 0 Å². The number of nitrogens with zero attached hydrogens (tertiary/aromatic N) is 1. The van der Waals surface area contributed by atoms with Gasteiger partial charge >= 0.3 is 0 Å². The summed E-state index contributed by atoms with van der Waals surface area (Å²) in [5.41, 5.74) is 2.50. The molecule has 1 saturated heterocycles. The number of carbonyl (C=O) groups excluding carboxylic acids is 4. The number of rotatable bonds is 24. The van der Waals surface area contributed by atoms with Crippen LogP contribution in [-0.2, 0) is 25.7 Å². The molecule has 3 amide bonds. The minimum absolute atomic E-state index is 0.127. The minimum Gasteiger partial charge on any atom is -0.494 e. The van der Waals surface area contributed by atoms with E-state index in [1.54, 1.807) is 17.4 Å². The van der Waals surface area contributed by atoms with E-state index in [2.05, 4.69) is 57.6 Å². The molecule has 0 aliphatic carbocycles. The van der Waals surface area contributed by atoms with Crippen LogP contribution in [0.1, 0.15) is 64.8 Å². The maximum Gasteiger partial charge on any atom is 0.255 e. The number of fused-ring (bicyclic) bond motifs is 1. The van der Waals surface area contributed by atoms with E-state index in [1.807, 2.05) is 60.7 Å². The van der Waals surface area contributed by atoms with Crippen molar-refractivity contribution in [3.05, 3.63) is 136 Å². The highest BCUT2D eigenvalue weighted by molar-refractivity contribution is 9.10. The normalized spacial score (nSPS) is 13.6. The Labute approximate surface area is 390 Å². The fourth-order valence-corrected chi connectivity index (χ4v) is 8.54. The number of carbonyl (C=O) groups is 4. The fourth-order valence-electron chi connectivity index (χ4n) is 7.11. The Hall–Kier alpha value is -6.06. The average Bonchev–Trinajstić information content (AvgIpc) is 3.68. The van der Waals surface area contributed by atoms with Gasteiger partial charge in [0.25, 0.3) is 5.91 Å². The van der Waals surface area contributed by atoms with Crippen molar-refractivity contribution >= 4 is 61.4 Å². The lowest BCUT2D eigenvalue weighted by Gasteiger charge is -2.30. The summed E-state index contributed by atoms with van der Waals surface area (Å²) in [6, 6.07) is 36.1. The first-order chi connectivity index (χ1) is 31.7. The Balaban J connectivity index is 0.766. The highest BCUT2D eigenvalue weighted by atomic mass is 79.9. The van der Waals surface area contributed by atoms with Gasteiger partial charge in [-0.3, -0.25) is 24.5 Å². The average molecular weight is 964 g/mol. The summed E-state index contributed by atoms with van der Waals surface area (Å²) >= 11 is 5.24. The lowest BCUT2D eigenvalue weighted by Crippen LogP contribution is -2.53. The van der Waals surface area contributed by atoms with Crippen LogP contribution in [0.5, 0.6) is 28.7 Å². The standard InChI is InChI=1S/C51H51BrN2O10S/c1-54(45-23-24-47(56)53-50(45)57)51(58)44-31-41(16-13-37(44)33-55)62-30-8-28-60-27-7-26-59-25-5-6-29-61-39-17-19-40(20-18-39)64-48-43-22-21-42(63-34-35-9-3-2-4-10-35)32-46(43)65-49(48)36-11-14-38(52)15-12-36/h2-4,9-22,31-33,45H,5-8,23-30,34H2,1H3,(H,53,56,57). The molecule has 1 aliphatic rings. The number of thiophene rings is 1. The summed E-state index contributed by atoms with van der Waals surface area (Å²) in [4.78, 5) is 51.0. The molecule has 1 aliphatic heterocycles. The number of hydrogen-bond acceptors (Lipinski definition) is 11. The number of piperidine rings is 1. The van der Waals surface area contributed by atoms with Gasteiger partial charge in [0.2, 0.25) is 11.8 Å². The van der Waals surface area contributed by atoms with E-state index in [1.165, 1.54) is 24.1 Å². The van der Waals surface area contributed by atoms with Crippen LogP contribution in [0.4, 0.5) is 0 Å². The van der Waals surface area contributed by atoms with Crippen molar-refractivity contribution in [2.45, 2.75) is 51.2 Å². The molecule has 1 N–H and O–H groups in total. The molecule has 2 heterocycles. The van der Waals surface area contributed by atoms with Gasteiger partial charge in [-0.15, -0.1) is 11.3 Å². The van der Waals surface area contributed by atoms with E-state index in [9.17, 15) is 19.2 Å². The van der Waals surface area contributed by atoms with Crippen LogP contribution in [0.2, 0.25) is 0 Å². The lowest BCUT2D eigenvalue weighted by molar-refractivity contribution is -0.136. The zero-order valence-corrected chi connectivity index (χ0v) is 38.5. The van der Waals surface area contributed by atoms with E-state index >= 15 is 0 Å². The molecule has 1 fully saturated rings. The van der Waals surface area contributed by atoms with Crippen LogP contribution >= 0.6 is 27.3 Å². The Kier molecular flexibility index (Phi) is 17.1. The zero-order chi connectivity index (χ0) is 45.4. The van der Waals surface area contributed by atoms with Gasteiger partial charge in [0.05, 0.1) is 23.7 Å². The second-order valence-corrected chi connectivity index (χ2v) is 17.3. The molecule has 0 radical (unpaired) electrons. The van der Waals surface area contributed by atoms with Crippen molar-refractivity contribution in [1.29, 1.82) is 0 Å². The number of benzene rings is 5. The molecule has 14 heteroatoms. The highest BCUT2D eigenvalue weighted by Crippen LogP contribution is 2.47. The van der Waals surface area contributed by atoms with Gasteiger partial charge in [-0.25, -0.2) is 0 Å². The molecule has 1 unspecified atom stereocenters. The Morgan fingerprint density at radius 1 is 0.738 bits per heavy atom. The first kappa shape index (κ1) is 46.9. The molecule has 0 saturated carbocycles. The number of aldehydes is 1. The minimum atomic E-state index is -0.800. The van der Waals surface area contributed by atoms with E-state index in [0.29, 0.717) is 64.7 Å². The second kappa shape index (κ2) is 23.7. The smallest absolute Gasteiger partial charge is 0.255 e. The van der Waals surface area contributed by atoms with Crippen molar-refractivity contribution < 1.29 is 47.6 Å². The van der Waals surface area contributed by atoms with Crippen molar-refractivity contribution in [2.24, 2.45) is 0 Å². The van der Waals surface area contributed by atoms with E-state index in [-0.39, 0.29) is 29.9 Å². The van der Waals surface area contributed by atoms with Crippen LogP contribution in [-0.4, -0.2) is 81.6 Å². The number of ether oxygens (including phenoxy) is 6. The number of unbranched alkanes of at least 4 members (excludes halogenated alkanes) is 1. The molecule has 12 nitrogen and oxygen atoms in total. The summed E-state index contributed by atoms with van der Waals surface area (Å²) < 4.78 is 38.2. The quantitative estimate of drug-likeness (QED) is 0.0354. The maximum atomic E-state index is 13.2. The van der Waals surface area contributed by atoms with Gasteiger partial charge in [0.15, 0.2) is 12.0 Å². The van der Waals surface area contributed by atoms with Crippen LogP contribution in [0.15, 0.2) is 120 Å². The van der Waals surface area contributed by atoms with Gasteiger partial charge in [0.1, 0.15) is 35.6 Å². The Morgan fingerprint density at radius 3 is 2.11 bits per heavy atom. The van der Waals surface area contributed by atoms with Crippen LogP contribution < -0.4 is 24.3 Å². The van der Waals surface area contributed by atoms with Gasteiger partial charge < -0.3 is 33.3 Å². The summed E-state index contributed by atoms with van der Waals surface area (Å²) in [5, 5.41) is 3.27. The molecule has 1 aromatic heterocycles. The van der Waals surface area contributed by atoms with E-state index < -0.39 is 17.9 Å². The zero-order valence-electron chi connectivity index (χ0n) is 36.1. The topological polar surface area (TPSA) is 139 Å². The molecular weight excluding hydrogens is 913 g/mol. The molecule has 5 aromatic carbocycles. The number of imide groups is 1. The Morgan fingerprint density at radius 2 is 1.37 bits per heavy atom. The second-order valence-electron chi connectivity index (χ2n) is 15.4. The molecule has 338 valence electrons. The summed E-state index contributed by atoms with van der Waals surface area (Å²) in [7, 11) is 1.48. The molecule has 1 atom stereocenters. The van der Waals surface area contributed by atoms with E-state index in [0.717, 1.165) is 72.8 Å². The first-order valence-corrected chi connectivity index (χ1v) is 23.2. The third-order valence-electron chi connectivity index (χ3n) is 10.6. The number of halogens is 1. The number of amides is 3. The molecule has 0 spiro atoms. The molecule has 65 heavy (non-hydrogen) atoms. The lowest BCUT2D eigenvalue weighted by atomic mass is 10.0. The molecule has 7 rings (SSSR count). The maximum absolute atomic E-state index is 13.2. The van der Waals surface area contributed by atoms with Crippen molar-refractivity contribution in [3.8, 4) is 39.2 Å². The predicted octanol–water partition coefficient (Wildman–Crippen LogP) is 10.4. The van der Waals surface area contributed by atoms with Gasteiger partial charge in [-0.2, -0.15) is 0 Å². The third-order valence-corrected chi connectivity index (χ3v) is 12.3. The monoisotopic (exact) mass is 962 g/mol. The number of likely N-dealkylation sites (N-methyl/N-ethyl adjacent to an activating group) is 1. The van der Waals surface area contributed by atoms with Crippen LogP contribution in [0.25, 0.3) is 20.5 Å².